The Morgan fingerprint density at radius 3 is 3.24 bits per heavy atom. The second kappa shape index (κ2) is 7.91. The van der Waals surface area contributed by atoms with Crippen LogP contribution < -0.4 is 10.6 Å². The van der Waals surface area contributed by atoms with Gasteiger partial charge in [0.05, 0.1) is 10.6 Å². The van der Waals surface area contributed by atoms with Gasteiger partial charge in [-0.05, 0) is 0 Å². The minimum Gasteiger partial charge on any atom is -0.370 e. The molecular weight excluding hydrogens is 260 g/mol. The lowest BCUT2D eigenvalue weighted by atomic mass is 10.6. The molecule has 0 saturated heterocycles. The van der Waals surface area contributed by atoms with Crippen LogP contribution in [0.25, 0.3) is 0 Å². The first kappa shape index (κ1) is 13.8. The average Bonchev–Trinajstić information content (AvgIpc) is 2.79. The van der Waals surface area contributed by atoms with Gasteiger partial charge in [-0.2, -0.15) is 11.8 Å². The summed E-state index contributed by atoms with van der Waals surface area (Å²) in [6.45, 7) is 0.666. The van der Waals surface area contributed by atoms with Crippen molar-refractivity contribution in [2.45, 2.75) is 5.75 Å². The highest BCUT2D eigenvalue weighted by atomic mass is 32.2. The van der Waals surface area contributed by atoms with E-state index in [0.29, 0.717) is 12.4 Å². The molecule has 0 amide bonds. The fourth-order valence-corrected chi connectivity index (χ4v) is 2.36. The van der Waals surface area contributed by atoms with E-state index in [1.165, 1.54) is 11.3 Å². The lowest BCUT2D eigenvalue weighted by molar-refractivity contribution is -0.404. The van der Waals surface area contributed by atoms with Crippen LogP contribution in [-0.4, -0.2) is 29.3 Å². The Morgan fingerprint density at radius 2 is 2.65 bits per heavy atom. The normalized spacial score (nSPS) is 11.2. The second-order valence-corrected chi connectivity index (χ2v) is 4.75. The summed E-state index contributed by atoms with van der Waals surface area (Å²) < 4.78 is 0. The molecule has 0 aliphatic carbocycles. The summed E-state index contributed by atoms with van der Waals surface area (Å²) in [5.74, 6) is 2.11. The summed E-state index contributed by atoms with van der Waals surface area (Å²) in [5, 5.41) is 17.9. The van der Waals surface area contributed by atoms with Gasteiger partial charge in [0.1, 0.15) is 0 Å². The third kappa shape index (κ3) is 6.12. The number of nitrogens with zero attached hydrogens (tertiary/aromatic N) is 2. The molecule has 1 radical (unpaired) electrons. The van der Waals surface area contributed by atoms with Gasteiger partial charge >= 0.3 is 0 Å². The molecule has 0 aromatic carbocycles. The van der Waals surface area contributed by atoms with Crippen LogP contribution in [0.3, 0.4) is 0 Å². The van der Waals surface area contributed by atoms with Gasteiger partial charge in [-0.25, -0.2) is 4.98 Å². The summed E-state index contributed by atoms with van der Waals surface area (Å²) in [7, 11) is 1.64. The van der Waals surface area contributed by atoms with E-state index >= 15 is 0 Å². The van der Waals surface area contributed by atoms with Crippen molar-refractivity contribution in [2.24, 2.45) is 0 Å². The number of aromatic nitrogens is 1. The van der Waals surface area contributed by atoms with E-state index in [2.05, 4.69) is 21.1 Å². The van der Waals surface area contributed by atoms with E-state index in [9.17, 15) is 10.1 Å². The van der Waals surface area contributed by atoms with Gasteiger partial charge in [-0.1, -0.05) is 0 Å². The molecule has 6 nitrogen and oxygen atoms in total. The van der Waals surface area contributed by atoms with Gasteiger partial charge in [-0.3, -0.25) is 10.1 Å². The lowest BCUT2D eigenvalue weighted by Gasteiger charge is -2.06. The Morgan fingerprint density at radius 1 is 1.82 bits per heavy atom. The molecule has 93 valence electrons. The molecule has 0 spiro atoms. The average molecular weight is 273 g/mol. The summed E-state index contributed by atoms with van der Waals surface area (Å²) >= 11 is 3.18. The number of hydrogen-bond acceptors (Lipinski definition) is 7. The Labute approximate surface area is 108 Å². The zero-order valence-corrected chi connectivity index (χ0v) is 10.9. The van der Waals surface area contributed by atoms with Gasteiger partial charge in [0.15, 0.2) is 11.3 Å². The first-order chi connectivity index (χ1) is 8.22. The Balaban J connectivity index is 2.13. The second-order valence-electron chi connectivity index (χ2n) is 2.99. The molecule has 8 heteroatoms. The molecule has 1 rings (SSSR count). The predicted molar refractivity (Wildman–Crippen MR) is 69.3 cm³/mol. The Hall–Kier alpha value is -1.28. The van der Waals surface area contributed by atoms with Gasteiger partial charge < -0.3 is 10.6 Å². The molecule has 0 saturated carbocycles. The minimum absolute atomic E-state index is 0.414. The van der Waals surface area contributed by atoms with Crippen LogP contribution in [0.2, 0.25) is 0 Å². The molecule has 0 bridgehead atoms. The molecule has 2 N–H and O–H groups in total. The van der Waals surface area contributed by atoms with E-state index in [1.54, 1.807) is 18.8 Å². The number of thioether (sulfide) groups is 1. The maximum atomic E-state index is 10.2. The van der Waals surface area contributed by atoms with Gasteiger partial charge in [0, 0.05) is 30.5 Å². The largest absolute Gasteiger partial charge is 0.370 e. The molecule has 0 unspecified atom stereocenters. The van der Waals surface area contributed by atoms with Crippen LogP contribution >= 0.6 is 23.1 Å². The molecule has 1 aromatic rings. The number of nitrogens with one attached hydrogen (secondary N) is 2. The van der Waals surface area contributed by atoms with E-state index < -0.39 is 4.92 Å². The zero-order valence-electron chi connectivity index (χ0n) is 9.30. The summed E-state index contributed by atoms with van der Waals surface area (Å²) in [6, 6.07) is 0. The fourth-order valence-electron chi connectivity index (χ4n) is 1.01. The molecule has 0 atom stereocenters. The van der Waals surface area contributed by atoms with Gasteiger partial charge in [-0.15, -0.1) is 11.3 Å². The maximum Gasteiger partial charge on any atom is 0.274 e. The SMILES string of the molecule is CNC(=C[N+](=O)[O-])NCCSCc1cs[c]n1. The van der Waals surface area contributed by atoms with E-state index in [-0.39, 0.29) is 0 Å². The van der Waals surface area contributed by atoms with Crippen molar-refractivity contribution in [3.05, 3.63) is 38.7 Å². The zero-order chi connectivity index (χ0) is 12.5. The third-order valence-electron chi connectivity index (χ3n) is 1.75. The smallest absolute Gasteiger partial charge is 0.274 e. The Kier molecular flexibility index (Phi) is 6.41. The van der Waals surface area contributed by atoms with E-state index in [1.807, 2.05) is 5.38 Å². The molecule has 1 aromatic heterocycles. The van der Waals surface area contributed by atoms with Crippen LogP contribution in [0.4, 0.5) is 0 Å². The molecule has 0 aliphatic rings. The number of thiazole rings is 1. The molecule has 0 fully saturated rings. The molecule has 17 heavy (non-hydrogen) atoms. The number of rotatable bonds is 8. The topological polar surface area (TPSA) is 80.1 Å². The van der Waals surface area contributed by atoms with Crippen LogP contribution in [0.15, 0.2) is 17.4 Å². The van der Waals surface area contributed by atoms with E-state index in [0.717, 1.165) is 23.4 Å². The third-order valence-corrected chi connectivity index (χ3v) is 3.33. The van der Waals surface area contributed by atoms with Crippen molar-refractivity contribution in [1.82, 2.24) is 15.6 Å². The van der Waals surface area contributed by atoms with Crippen molar-refractivity contribution in [3.8, 4) is 0 Å². The van der Waals surface area contributed by atoms with Crippen molar-refractivity contribution in [3.63, 3.8) is 0 Å². The van der Waals surface area contributed by atoms with Crippen LogP contribution in [-0.2, 0) is 5.75 Å². The molecule has 0 aliphatic heterocycles. The van der Waals surface area contributed by atoms with Crippen molar-refractivity contribution < 1.29 is 4.92 Å². The first-order valence-electron chi connectivity index (χ1n) is 4.87. The van der Waals surface area contributed by atoms with Crippen molar-refractivity contribution in [1.29, 1.82) is 0 Å². The first-order valence-corrected chi connectivity index (χ1v) is 6.91. The highest BCUT2D eigenvalue weighted by Gasteiger charge is 1.99. The summed E-state index contributed by atoms with van der Waals surface area (Å²) in [5.41, 5.74) is 3.81. The summed E-state index contributed by atoms with van der Waals surface area (Å²) in [4.78, 5) is 13.8. The van der Waals surface area contributed by atoms with Crippen molar-refractivity contribution in [2.75, 3.05) is 19.3 Å². The quantitative estimate of drug-likeness (QED) is 0.419. The van der Waals surface area contributed by atoms with Gasteiger partial charge in [0.2, 0.25) is 0 Å². The summed E-state index contributed by atoms with van der Waals surface area (Å²) in [6.07, 6.45) is 0.917. The number of nitro groups is 1. The minimum atomic E-state index is -0.489. The van der Waals surface area contributed by atoms with Crippen LogP contribution in [0.1, 0.15) is 5.69 Å². The van der Waals surface area contributed by atoms with Gasteiger partial charge in [0.25, 0.3) is 6.20 Å². The monoisotopic (exact) mass is 273 g/mol. The predicted octanol–water partition coefficient (Wildman–Crippen LogP) is 1.06. The highest BCUT2D eigenvalue weighted by Crippen LogP contribution is 2.10. The highest BCUT2D eigenvalue weighted by molar-refractivity contribution is 7.98. The Bertz CT molecular complexity index is 367. The maximum absolute atomic E-state index is 10.2. The standard InChI is InChI=1S/C9H13N4O2S2/c1-10-9(4-13(14)15)11-2-3-16-5-8-6-17-7-12-8/h4,6,10-11H,2-3,5H2,1H3. The van der Waals surface area contributed by atoms with Crippen molar-refractivity contribution >= 4 is 23.1 Å². The van der Waals surface area contributed by atoms with Crippen LogP contribution in [0, 0.1) is 15.6 Å². The molecule has 1 heterocycles. The fraction of sp³-hybridized carbons (Fsp3) is 0.444. The lowest BCUT2D eigenvalue weighted by Crippen LogP contribution is -2.26. The van der Waals surface area contributed by atoms with Crippen LogP contribution in [0.5, 0.6) is 0 Å². The van der Waals surface area contributed by atoms with E-state index in [4.69, 9.17) is 0 Å². The molecular formula is C9H13N4O2S2. The number of hydrogen-bond donors (Lipinski definition) is 2.